The molecule has 0 amide bonds. The molecule has 1 heterocycles. The normalized spacial score (nSPS) is 11.2. The Morgan fingerprint density at radius 3 is 2.55 bits per heavy atom. The Kier molecular flexibility index (Phi) is 4.61. The van der Waals surface area contributed by atoms with Crippen molar-refractivity contribution in [3.05, 3.63) is 52.8 Å². The van der Waals surface area contributed by atoms with Crippen LogP contribution < -0.4 is 10.5 Å². The zero-order valence-electron chi connectivity index (χ0n) is 10.6. The van der Waals surface area contributed by atoms with Gasteiger partial charge in [0, 0.05) is 28.2 Å². The van der Waals surface area contributed by atoms with Gasteiger partial charge >= 0.3 is 0 Å². The SMILES string of the molecule is Nc1ccc(NS(=O)(=O)CCc2ccncc2)cc1Br. The van der Waals surface area contributed by atoms with Crippen molar-refractivity contribution in [3.63, 3.8) is 0 Å². The van der Waals surface area contributed by atoms with Gasteiger partial charge in [-0.15, -0.1) is 0 Å². The number of pyridine rings is 1. The Bertz CT molecular complexity index is 690. The van der Waals surface area contributed by atoms with Crippen molar-refractivity contribution in [2.75, 3.05) is 16.2 Å². The van der Waals surface area contributed by atoms with Gasteiger partial charge in [0.05, 0.1) is 5.75 Å². The van der Waals surface area contributed by atoms with E-state index in [0.717, 1.165) is 5.56 Å². The van der Waals surface area contributed by atoms with E-state index in [1.807, 2.05) is 0 Å². The van der Waals surface area contributed by atoms with Crippen LogP contribution in [0.1, 0.15) is 5.56 Å². The predicted molar refractivity (Wildman–Crippen MR) is 83.9 cm³/mol. The quantitative estimate of drug-likeness (QED) is 0.806. The molecule has 20 heavy (non-hydrogen) atoms. The standard InChI is InChI=1S/C13H14BrN3O2S/c14-12-9-11(1-2-13(12)15)17-20(18,19)8-5-10-3-6-16-7-4-10/h1-4,6-7,9,17H,5,8,15H2. The first-order chi connectivity index (χ1) is 9.46. The summed E-state index contributed by atoms with van der Waals surface area (Å²) in [6, 6.07) is 8.51. The number of hydrogen-bond donors (Lipinski definition) is 2. The van der Waals surface area contributed by atoms with Crippen LogP contribution in [-0.4, -0.2) is 19.2 Å². The second kappa shape index (κ2) is 6.23. The minimum absolute atomic E-state index is 0.0129. The highest BCUT2D eigenvalue weighted by Gasteiger charge is 2.11. The van der Waals surface area contributed by atoms with Crippen LogP contribution in [0.4, 0.5) is 11.4 Å². The average molecular weight is 356 g/mol. The fraction of sp³-hybridized carbons (Fsp3) is 0.154. The molecular formula is C13H14BrN3O2S. The van der Waals surface area contributed by atoms with E-state index in [9.17, 15) is 8.42 Å². The highest BCUT2D eigenvalue weighted by atomic mass is 79.9. The second-order valence-electron chi connectivity index (χ2n) is 4.26. The molecule has 1 aromatic carbocycles. The highest BCUT2D eigenvalue weighted by molar-refractivity contribution is 9.10. The number of aryl methyl sites for hydroxylation is 1. The number of aromatic nitrogens is 1. The van der Waals surface area contributed by atoms with Crippen LogP contribution in [0, 0.1) is 0 Å². The first-order valence-electron chi connectivity index (χ1n) is 5.91. The molecule has 106 valence electrons. The van der Waals surface area contributed by atoms with Gasteiger partial charge < -0.3 is 5.73 Å². The second-order valence-corrected chi connectivity index (χ2v) is 6.96. The lowest BCUT2D eigenvalue weighted by Gasteiger charge is -2.09. The van der Waals surface area contributed by atoms with Crippen LogP contribution in [0.3, 0.4) is 0 Å². The third-order valence-corrected chi connectivity index (χ3v) is 4.66. The molecule has 0 spiro atoms. The number of rotatable bonds is 5. The molecule has 5 nitrogen and oxygen atoms in total. The number of nitrogen functional groups attached to an aromatic ring is 1. The Hall–Kier alpha value is -1.60. The van der Waals surface area contributed by atoms with E-state index >= 15 is 0 Å². The van der Waals surface area contributed by atoms with Crippen molar-refractivity contribution >= 4 is 37.3 Å². The Labute approximate surface area is 126 Å². The van der Waals surface area contributed by atoms with Crippen molar-refractivity contribution in [2.24, 2.45) is 0 Å². The lowest BCUT2D eigenvalue weighted by atomic mass is 10.2. The Morgan fingerprint density at radius 1 is 1.20 bits per heavy atom. The largest absolute Gasteiger partial charge is 0.398 e. The van der Waals surface area contributed by atoms with Crippen LogP contribution in [0.5, 0.6) is 0 Å². The van der Waals surface area contributed by atoms with Crippen molar-refractivity contribution in [3.8, 4) is 0 Å². The highest BCUT2D eigenvalue weighted by Crippen LogP contribution is 2.23. The summed E-state index contributed by atoms with van der Waals surface area (Å²) in [5.74, 6) is 0.0129. The Morgan fingerprint density at radius 2 is 1.90 bits per heavy atom. The van der Waals surface area contributed by atoms with E-state index in [0.29, 0.717) is 22.3 Å². The molecular weight excluding hydrogens is 342 g/mol. The van der Waals surface area contributed by atoms with Crippen molar-refractivity contribution in [1.82, 2.24) is 4.98 Å². The summed E-state index contributed by atoms with van der Waals surface area (Å²) in [4.78, 5) is 3.89. The third-order valence-electron chi connectivity index (χ3n) is 2.68. The van der Waals surface area contributed by atoms with Gasteiger partial charge in [-0.25, -0.2) is 8.42 Å². The molecule has 0 fully saturated rings. The number of anilines is 2. The predicted octanol–water partition coefficient (Wildman–Crippen LogP) is 2.41. The average Bonchev–Trinajstić information content (AvgIpc) is 2.42. The van der Waals surface area contributed by atoms with E-state index in [2.05, 4.69) is 25.6 Å². The molecule has 0 atom stereocenters. The molecule has 0 aliphatic carbocycles. The number of nitrogens with two attached hydrogens (primary N) is 1. The summed E-state index contributed by atoms with van der Waals surface area (Å²) in [6.07, 6.45) is 3.73. The van der Waals surface area contributed by atoms with E-state index in [1.165, 1.54) is 0 Å². The van der Waals surface area contributed by atoms with Gasteiger partial charge in [0.25, 0.3) is 0 Å². The summed E-state index contributed by atoms with van der Waals surface area (Å²) in [7, 11) is -3.39. The minimum atomic E-state index is -3.39. The van der Waals surface area contributed by atoms with E-state index < -0.39 is 10.0 Å². The third kappa shape index (κ3) is 4.21. The molecule has 0 radical (unpaired) electrons. The Balaban J connectivity index is 2.02. The molecule has 2 rings (SSSR count). The first-order valence-corrected chi connectivity index (χ1v) is 8.35. The topological polar surface area (TPSA) is 85.1 Å². The molecule has 2 aromatic rings. The molecule has 0 aliphatic heterocycles. The lowest BCUT2D eigenvalue weighted by molar-refractivity contribution is 0.600. The molecule has 0 unspecified atom stereocenters. The van der Waals surface area contributed by atoms with Crippen LogP contribution >= 0.6 is 15.9 Å². The summed E-state index contributed by atoms with van der Waals surface area (Å²) < 4.78 is 27.2. The van der Waals surface area contributed by atoms with Crippen molar-refractivity contribution in [2.45, 2.75) is 6.42 Å². The first kappa shape index (κ1) is 14.8. The number of benzene rings is 1. The molecule has 7 heteroatoms. The number of sulfonamides is 1. The summed E-state index contributed by atoms with van der Waals surface area (Å²) >= 11 is 3.26. The number of hydrogen-bond acceptors (Lipinski definition) is 4. The van der Waals surface area contributed by atoms with Crippen LogP contribution in [0.15, 0.2) is 47.2 Å². The van der Waals surface area contributed by atoms with E-state index in [-0.39, 0.29) is 5.75 Å². The summed E-state index contributed by atoms with van der Waals surface area (Å²) in [5.41, 5.74) is 7.64. The summed E-state index contributed by atoms with van der Waals surface area (Å²) in [6.45, 7) is 0. The molecule has 0 saturated heterocycles. The fourth-order valence-electron chi connectivity index (χ4n) is 1.62. The van der Waals surface area contributed by atoms with Gasteiger partial charge in [-0.2, -0.15) is 0 Å². The van der Waals surface area contributed by atoms with Crippen LogP contribution in [-0.2, 0) is 16.4 Å². The van der Waals surface area contributed by atoms with E-state index in [4.69, 9.17) is 5.73 Å². The van der Waals surface area contributed by atoms with Gasteiger partial charge in [-0.3, -0.25) is 9.71 Å². The van der Waals surface area contributed by atoms with Gasteiger partial charge in [0.1, 0.15) is 0 Å². The fourth-order valence-corrected chi connectivity index (χ4v) is 3.09. The maximum atomic E-state index is 12.0. The smallest absolute Gasteiger partial charge is 0.233 e. The van der Waals surface area contributed by atoms with Gasteiger partial charge in [-0.05, 0) is 58.2 Å². The van der Waals surface area contributed by atoms with Gasteiger partial charge in [0.2, 0.25) is 10.0 Å². The number of halogens is 1. The molecule has 0 aliphatic rings. The zero-order chi connectivity index (χ0) is 14.6. The van der Waals surface area contributed by atoms with Gasteiger partial charge in [-0.1, -0.05) is 0 Å². The van der Waals surface area contributed by atoms with Gasteiger partial charge in [0.15, 0.2) is 0 Å². The molecule has 0 bridgehead atoms. The van der Waals surface area contributed by atoms with Crippen LogP contribution in [0.25, 0.3) is 0 Å². The van der Waals surface area contributed by atoms with E-state index in [1.54, 1.807) is 42.7 Å². The maximum absolute atomic E-state index is 12.0. The van der Waals surface area contributed by atoms with Crippen molar-refractivity contribution in [1.29, 1.82) is 0 Å². The molecule has 1 aromatic heterocycles. The zero-order valence-corrected chi connectivity index (χ0v) is 13.0. The maximum Gasteiger partial charge on any atom is 0.233 e. The number of nitrogens with one attached hydrogen (secondary N) is 1. The summed E-state index contributed by atoms with van der Waals surface area (Å²) in [5, 5.41) is 0. The molecule has 0 saturated carbocycles. The minimum Gasteiger partial charge on any atom is -0.398 e. The number of nitrogens with zero attached hydrogens (tertiary/aromatic N) is 1. The van der Waals surface area contributed by atoms with Crippen LogP contribution in [0.2, 0.25) is 0 Å². The van der Waals surface area contributed by atoms with Crippen molar-refractivity contribution < 1.29 is 8.42 Å². The molecule has 3 N–H and O–H groups in total. The monoisotopic (exact) mass is 355 g/mol. The lowest BCUT2D eigenvalue weighted by Crippen LogP contribution is -2.18.